The number of thiophene rings is 1. The lowest BCUT2D eigenvalue weighted by Gasteiger charge is -2.24. The second kappa shape index (κ2) is 6.43. The first kappa shape index (κ1) is 14.4. The Kier molecular flexibility index (Phi) is 4.87. The van der Waals surface area contributed by atoms with Crippen LogP contribution in [-0.4, -0.2) is 34.0 Å². The van der Waals surface area contributed by atoms with Crippen molar-refractivity contribution < 1.29 is 14.7 Å². The summed E-state index contributed by atoms with van der Waals surface area (Å²) in [5, 5.41) is 14.0. The largest absolute Gasteiger partial charge is 0.479 e. The third kappa shape index (κ3) is 3.73. The third-order valence-corrected chi connectivity index (χ3v) is 5.34. The van der Waals surface area contributed by atoms with Gasteiger partial charge in [-0.1, -0.05) is 6.07 Å². The van der Waals surface area contributed by atoms with Gasteiger partial charge in [-0.15, -0.1) is 11.3 Å². The number of carbonyl (C=O) groups is 2. The van der Waals surface area contributed by atoms with E-state index in [4.69, 9.17) is 0 Å². The number of nitrogens with one attached hydrogen (secondary N) is 1. The van der Waals surface area contributed by atoms with Gasteiger partial charge in [-0.25, -0.2) is 4.79 Å². The van der Waals surface area contributed by atoms with Gasteiger partial charge in [0.25, 0.3) is 0 Å². The smallest absolute Gasteiger partial charge is 0.330 e. The van der Waals surface area contributed by atoms with Crippen molar-refractivity contribution in [2.45, 2.75) is 31.2 Å². The number of thioether (sulfide) groups is 1. The summed E-state index contributed by atoms with van der Waals surface area (Å²) in [6, 6.07) is 4.05. The lowest BCUT2D eigenvalue weighted by atomic mass is 9.99. The molecule has 0 aliphatic carbocycles. The molecule has 4 nitrogen and oxygen atoms in total. The number of amides is 1. The maximum atomic E-state index is 11.9. The minimum atomic E-state index is -1.04. The van der Waals surface area contributed by atoms with E-state index in [1.807, 2.05) is 11.4 Å². The molecule has 1 fully saturated rings. The van der Waals surface area contributed by atoms with Gasteiger partial charge in [-0.2, -0.15) is 11.8 Å². The molecule has 1 atom stereocenters. The Hall–Kier alpha value is -1.01. The number of aryl methyl sites for hydroxylation is 1. The molecule has 0 spiro atoms. The van der Waals surface area contributed by atoms with E-state index in [9.17, 15) is 14.7 Å². The van der Waals surface area contributed by atoms with E-state index in [-0.39, 0.29) is 5.91 Å². The number of carboxylic acid groups (broad SMARTS) is 1. The fraction of sp³-hybridized carbons (Fsp3) is 0.538. The molecule has 1 aromatic heterocycles. The minimum Gasteiger partial charge on any atom is -0.479 e. The quantitative estimate of drug-likeness (QED) is 0.844. The maximum Gasteiger partial charge on any atom is 0.330 e. The predicted molar refractivity (Wildman–Crippen MR) is 77.7 cm³/mol. The molecule has 0 saturated carbocycles. The highest BCUT2D eigenvalue weighted by Crippen LogP contribution is 2.28. The van der Waals surface area contributed by atoms with E-state index in [1.54, 1.807) is 23.1 Å². The van der Waals surface area contributed by atoms with E-state index < -0.39 is 11.5 Å². The average Bonchev–Trinajstić information content (AvgIpc) is 3.00. The van der Waals surface area contributed by atoms with Crippen molar-refractivity contribution in [2.75, 3.05) is 11.5 Å². The topological polar surface area (TPSA) is 66.4 Å². The molecule has 1 unspecified atom stereocenters. The molecule has 1 aliphatic heterocycles. The van der Waals surface area contributed by atoms with Crippen molar-refractivity contribution in [3.8, 4) is 0 Å². The molecule has 1 aromatic rings. The first-order chi connectivity index (χ1) is 9.12. The van der Waals surface area contributed by atoms with Gasteiger partial charge in [-0.05, 0) is 36.5 Å². The van der Waals surface area contributed by atoms with Gasteiger partial charge in [0.05, 0.1) is 0 Å². The first-order valence-electron chi connectivity index (χ1n) is 6.27. The van der Waals surface area contributed by atoms with Crippen LogP contribution < -0.4 is 5.32 Å². The van der Waals surface area contributed by atoms with Crippen LogP contribution >= 0.6 is 23.1 Å². The second-order valence-electron chi connectivity index (χ2n) is 4.67. The van der Waals surface area contributed by atoms with Crippen LogP contribution in [0.5, 0.6) is 0 Å². The molecule has 1 saturated heterocycles. The summed E-state index contributed by atoms with van der Waals surface area (Å²) in [6.07, 6.45) is 2.54. The normalized spacial score (nSPS) is 22.3. The van der Waals surface area contributed by atoms with E-state index in [1.165, 1.54) is 4.88 Å². The van der Waals surface area contributed by atoms with Gasteiger partial charge in [0.1, 0.15) is 5.54 Å². The summed E-state index contributed by atoms with van der Waals surface area (Å²) in [6.45, 7) is 0. The summed E-state index contributed by atoms with van der Waals surface area (Å²) in [5.74, 6) is 0.200. The fourth-order valence-electron chi connectivity index (χ4n) is 2.09. The maximum absolute atomic E-state index is 11.9. The molecule has 2 heterocycles. The van der Waals surface area contributed by atoms with Crippen LogP contribution in [0.4, 0.5) is 0 Å². The highest BCUT2D eigenvalue weighted by Gasteiger charge is 2.42. The fourth-order valence-corrected chi connectivity index (χ4v) is 4.17. The zero-order valence-corrected chi connectivity index (χ0v) is 12.2. The summed E-state index contributed by atoms with van der Waals surface area (Å²) < 4.78 is 0. The van der Waals surface area contributed by atoms with E-state index in [0.717, 1.165) is 18.6 Å². The van der Waals surface area contributed by atoms with Crippen LogP contribution in [0.3, 0.4) is 0 Å². The molecular formula is C13H17NO3S2. The molecule has 0 bridgehead atoms. The van der Waals surface area contributed by atoms with Crippen LogP contribution in [0.25, 0.3) is 0 Å². The van der Waals surface area contributed by atoms with E-state index >= 15 is 0 Å². The summed E-state index contributed by atoms with van der Waals surface area (Å²) in [5.41, 5.74) is -1.04. The van der Waals surface area contributed by atoms with E-state index in [2.05, 4.69) is 11.4 Å². The summed E-state index contributed by atoms with van der Waals surface area (Å²) in [7, 11) is 0. The lowest BCUT2D eigenvalue weighted by molar-refractivity contribution is -0.146. The molecule has 2 N–H and O–H groups in total. The second-order valence-corrected chi connectivity index (χ2v) is 6.81. The summed E-state index contributed by atoms with van der Waals surface area (Å²) in [4.78, 5) is 24.4. The summed E-state index contributed by atoms with van der Waals surface area (Å²) >= 11 is 3.26. The van der Waals surface area contributed by atoms with Crippen molar-refractivity contribution in [3.63, 3.8) is 0 Å². The third-order valence-electron chi connectivity index (χ3n) is 3.22. The zero-order valence-electron chi connectivity index (χ0n) is 10.6. The molecular weight excluding hydrogens is 282 g/mol. The van der Waals surface area contributed by atoms with Crippen LogP contribution in [0, 0.1) is 0 Å². The SMILES string of the molecule is O=C(CCCc1cccs1)NC1(C(=O)O)CCSC1. The van der Waals surface area contributed by atoms with Crippen molar-refractivity contribution in [1.29, 1.82) is 0 Å². The molecule has 19 heavy (non-hydrogen) atoms. The zero-order chi connectivity index (χ0) is 13.7. The number of rotatable bonds is 6. The molecule has 6 heteroatoms. The van der Waals surface area contributed by atoms with Crippen molar-refractivity contribution in [3.05, 3.63) is 22.4 Å². The average molecular weight is 299 g/mol. The van der Waals surface area contributed by atoms with Gasteiger partial charge in [0.2, 0.25) is 5.91 Å². The number of aliphatic carboxylic acids is 1. The van der Waals surface area contributed by atoms with Crippen molar-refractivity contribution in [1.82, 2.24) is 5.32 Å². The van der Waals surface area contributed by atoms with Gasteiger partial charge in [-0.3, -0.25) is 4.79 Å². The number of hydrogen-bond donors (Lipinski definition) is 2. The monoisotopic (exact) mass is 299 g/mol. The number of carbonyl (C=O) groups excluding carboxylic acids is 1. The Balaban J connectivity index is 1.78. The van der Waals surface area contributed by atoms with Crippen LogP contribution in [0.1, 0.15) is 24.1 Å². The number of carboxylic acids is 1. The first-order valence-corrected chi connectivity index (χ1v) is 8.30. The molecule has 0 radical (unpaired) electrons. The Labute approximate surface area is 120 Å². The molecule has 1 amide bonds. The Bertz CT molecular complexity index is 439. The predicted octanol–water partition coefficient (Wildman–Crippen LogP) is 2.15. The Morgan fingerprint density at radius 2 is 2.32 bits per heavy atom. The van der Waals surface area contributed by atoms with Crippen molar-refractivity contribution in [2.24, 2.45) is 0 Å². The van der Waals surface area contributed by atoms with Gasteiger partial charge < -0.3 is 10.4 Å². The van der Waals surface area contributed by atoms with Crippen LogP contribution in [0.15, 0.2) is 17.5 Å². The van der Waals surface area contributed by atoms with E-state index in [0.29, 0.717) is 18.6 Å². The van der Waals surface area contributed by atoms with Gasteiger partial charge >= 0.3 is 5.97 Å². The number of hydrogen-bond acceptors (Lipinski definition) is 4. The lowest BCUT2D eigenvalue weighted by Crippen LogP contribution is -2.54. The van der Waals surface area contributed by atoms with Crippen LogP contribution in [0.2, 0.25) is 0 Å². The van der Waals surface area contributed by atoms with Gasteiger partial charge in [0, 0.05) is 17.1 Å². The molecule has 1 aliphatic rings. The highest BCUT2D eigenvalue weighted by molar-refractivity contribution is 7.99. The Morgan fingerprint density at radius 3 is 2.89 bits per heavy atom. The van der Waals surface area contributed by atoms with Gasteiger partial charge in [0.15, 0.2) is 0 Å². The minimum absolute atomic E-state index is 0.151. The molecule has 0 aromatic carbocycles. The molecule has 2 rings (SSSR count). The van der Waals surface area contributed by atoms with Crippen molar-refractivity contribution >= 4 is 35.0 Å². The van der Waals surface area contributed by atoms with Crippen LogP contribution in [-0.2, 0) is 16.0 Å². The molecule has 104 valence electrons. The Morgan fingerprint density at radius 1 is 1.47 bits per heavy atom. The highest BCUT2D eigenvalue weighted by atomic mass is 32.2. The standard InChI is InChI=1S/C13H17NO3S2/c15-11(5-1-3-10-4-2-7-19-10)14-13(12(16)17)6-8-18-9-13/h2,4,7H,1,3,5-6,8-9H2,(H,14,15)(H,16,17).